The van der Waals surface area contributed by atoms with Crippen molar-refractivity contribution in [3.8, 4) is 11.5 Å². The Morgan fingerprint density at radius 2 is 1.84 bits per heavy atom. The van der Waals surface area contributed by atoms with Gasteiger partial charge in [-0.25, -0.2) is 8.42 Å². The molecule has 0 bridgehead atoms. The summed E-state index contributed by atoms with van der Waals surface area (Å²) < 4.78 is 42.0. The summed E-state index contributed by atoms with van der Waals surface area (Å²) in [5, 5.41) is 0. The van der Waals surface area contributed by atoms with E-state index in [1.165, 1.54) is 39.9 Å². The lowest BCUT2D eigenvalue weighted by molar-refractivity contribution is 0.0997. The van der Waals surface area contributed by atoms with Gasteiger partial charge in [-0.15, -0.1) is 6.58 Å². The number of carbonyl (C=O) groups is 1. The number of hydrogen-bond acceptors (Lipinski definition) is 6. The molecule has 6 rings (SSSR count). The first kappa shape index (κ1) is 23.5. The van der Waals surface area contributed by atoms with Gasteiger partial charge in [0.05, 0.1) is 20.8 Å². The van der Waals surface area contributed by atoms with Gasteiger partial charge in [-0.1, -0.05) is 35.6 Å². The molecule has 0 aliphatic carbocycles. The van der Waals surface area contributed by atoms with E-state index in [4.69, 9.17) is 9.47 Å². The Hall–Kier alpha value is -3.89. The van der Waals surface area contributed by atoms with Gasteiger partial charge in [-0.3, -0.25) is 9.10 Å². The second-order valence-electron chi connectivity index (χ2n) is 8.71. The largest absolute Gasteiger partial charge is 0.454 e. The molecule has 37 heavy (non-hydrogen) atoms. The highest BCUT2D eigenvalue weighted by Crippen LogP contribution is 2.37. The molecule has 1 amide bonds. The normalized spacial score (nSPS) is 15.1. The monoisotopic (exact) mass is 533 g/mol. The number of fused-ring (bicyclic) bond motifs is 3. The number of thiazole rings is 1. The van der Waals surface area contributed by atoms with Crippen LogP contribution in [0.1, 0.15) is 22.3 Å². The van der Waals surface area contributed by atoms with Crippen molar-refractivity contribution in [2.75, 3.05) is 17.6 Å². The summed E-state index contributed by atoms with van der Waals surface area (Å²) in [7, 11) is -3.76. The zero-order chi connectivity index (χ0) is 25.6. The maximum atomic E-state index is 13.4. The number of nitrogens with zero attached hydrogens (tertiary/aromatic N) is 3. The van der Waals surface area contributed by atoms with Crippen molar-refractivity contribution >= 4 is 43.2 Å². The van der Waals surface area contributed by atoms with Crippen LogP contribution in [0.5, 0.6) is 11.5 Å². The van der Waals surface area contributed by atoms with E-state index < -0.39 is 15.9 Å². The van der Waals surface area contributed by atoms with Crippen LogP contribution in [0.3, 0.4) is 0 Å². The molecule has 10 heteroatoms. The van der Waals surface area contributed by atoms with E-state index in [1.807, 2.05) is 41.0 Å². The number of ether oxygens (including phenoxy) is 2. The van der Waals surface area contributed by atoms with E-state index in [0.717, 1.165) is 28.6 Å². The molecule has 0 radical (unpaired) electrons. The number of anilines is 1. The van der Waals surface area contributed by atoms with E-state index in [9.17, 15) is 13.2 Å². The van der Waals surface area contributed by atoms with Crippen LogP contribution in [0, 0.1) is 0 Å². The molecule has 2 aliphatic rings. The minimum atomic E-state index is -3.76. The van der Waals surface area contributed by atoms with Crippen LogP contribution in [-0.2, 0) is 23.0 Å². The number of carbonyl (C=O) groups excluding carboxylic acids is 1. The summed E-state index contributed by atoms with van der Waals surface area (Å²) in [6, 6.07) is 17.3. The van der Waals surface area contributed by atoms with E-state index in [1.54, 1.807) is 6.08 Å². The summed E-state index contributed by atoms with van der Waals surface area (Å²) in [6.45, 7) is 4.88. The standard InChI is InChI=1S/C27H23N3O5S2/c1-2-13-29-22-15-23-24(35-17-34-23)16-25(22)36-27(29)28-26(31)19-9-11-20(12-10-19)37(32,33)30-14-5-7-18-6-3-4-8-21(18)30/h2-4,6,8-12,15-16H,1,5,7,13-14,17H2. The Morgan fingerprint density at radius 1 is 1.08 bits per heavy atom. The van der Waals surface area contributed by atoms with Gasteiger partial charge >= 0.3 is 0 Å². The zero-order valence-corrected chi connectivity index (χ0v) is 21.4. The maximum Gasteiger partial charge on any atom is 0.279 e. The predicted molar refractivity (Wildman–Crippen MR) is 142 cm³/mol. The number of sulfonamides is 1. The van der Waals surface area contributed by atoms with Gasteiger partial charge in [0, 0.05) is 30.8 Å². The first-order chi connectivity index (χ1) is 18.0. The third-order valence-electron chi connectivity index (χ3n) is 6.44. The van der Waals surface area contributed by atoms with Gasteiger partial charge in [0.15, 0.2) is 16.3 Å². The fourth-order valence-electron chi connectivity index (χ4n) is 4.65. The number of benzene rings is 3. The topological polar surface area (TPSA) is 90.2 Å². The van der Waals surface area contributed by atoms with E-state index in [-0.39, 0.29) is 11.7 Å². The molecule has 0 atom stereocenters. The molecule has 0 saturated heterocycles. The Morgan fingerprint density at radius 3 is 2.62 bits per heavy atom. The summed E-state index contributed by atoms with van der Waals surface area (Å²) in [6.07, 6.45) is 3.34. The van der Waals surface area contributed by atoms with Crippen LogP contribution in [0.25, 0.3) is 10.2 Å². The highest BCUT2D eigenvalue weighted by molar-refractivity contribution is 7.92. The van der Waals surface area contributed by atoms with Crippen molar-refractivity contribution < 1.29 is 22.7 Å². The number of amides is 1. The van der Waals surface area contributed by atoms with Crippen molar-refractivity contribution in [2.45, 2.75) is 24.3 Å². The minimum Gasteiger partial charge on any atom is -0.454 e. The molecule has 4 aromatic rings. The molecule has 3 aromatic carbocycles. The third-order valence-corrected chi connectivity index (χ3v) is 9.31. The Labute approximate surface area is 217 Å². The molecule has 188 valence electrons. The molecule has 1 aromatic heterocycles. The van der Waals surface area contributed by atoms with Crippen LogP contribution >= 0.6 is 11.3 Å². The lowest BCUT2D eigenvalue weighted by atomic mass is 10.0. The molecule has 0 N–H and O–H groups in total. The van der Waals surface area contributed by atoms with Crippen molar-refractivity contribution in [3.63, 3.8) is 0 Å². The average molecular weight is 534 g/mol. The van der Waals surface area contributed by atoms with Gasteiger partial charge in [-0.05, 0) is 48.7 Å². The van der Waals surface area contributed by atoms with Crippen LogP contribution in [-0.4, -0.2) is 32.2 Å². The predicted octanol–water partition coefficient (Wildman–Crippen LogP) is 4.50. The van der Waals surface area contributed by atoms with Gasteiger partial charge in [0.2, 0.25) is 6.79 Å². The number of aryl methyl sites for hydroxylation is 1. The molecule has 0 fully saturated rings. The Balaban J connectivity index is 1.32. The molecule has 0 unspecified atom stereocenters. The molecular weight excluding hydrogens is 510 g/mol. The minimum absolute atomic E-state index is 0.138. The number of hydrogen-bond donors (Lipinski definition) is 0. The molecule has 3 heterocycles. The highest BCUT2D eigenvalue weighted by Gasteiger charge is 2.29. The number of aromatic nitrogens is 1. The highest BCUT2D eigenvalue weighted by atomic mass is 32.2. The molecule has 2 aliphatic heterocycles. The van der Waals surface area contributed by atoms with Crippen molar-refractivity contribution in [1.29, 1.82) is 0 Å². The summed E-state index contributed by atoms with van der Waals surface area (Å²) in [4.78, 5) is 18.1. The first-order valence-corrected chi connectivity index (χ1v) is 14.0. The fourth-order valence-corrected chi connectivity index (χ4v) is 7.24. The van der Waals surface area contributed by atoms with Crippen LogP contribution in [0.15, 0.2) is 83.2 Å². The molecular formula is C27H23N3O5S2. The van der Waals surface area contributed by atoms with E-state index in [2.05, 4.69) is 11.6 Å². The zero-order valence-electron chi connectivity index (χ0n) is 19.8. The van der Waals surface area contributed by atoms with Crippen molar-refractivity contribution in [1.82, 2.24) is 4.57 Å². The summed E-state index contributed by atoms with van der Waals surface area (Å²) in [5.41, 5.74) is 2.89. The average Bonchev–Trinajstić information content (AvgIpc) is 3.51. The second-order valence-corrected chi connectivity index (χ2v) is 11.6. The molecule has 8 nitrogen and oxygen atoms in total. The van der Waals surface area contributed by atoms with Gasteiger partial charge < -0.3 is 14.0 Å². The summed E-state index contributed by atoms with van der Waals surface area (Å²) >= 11 is 1.36. The number of para-hydroxylation sites is 1. The van der Waals surface area contributed by atoms with E-state index in [0.29, 0.717) is 40.6 Å². The van der Waals surface area contributed by atoms with Crippen LogP contribution in [0.2, 0.25) is 0 Å². The van der Waals surface area contributed by atoms with Crippen LogP contribution in [0.4, 0.5) is 5.69 Å². The number of allylic oxidation sites excluding steroid dienone is 1. The number of rotatable bonds is 5. The van der Waals surface area contributed by atoms with Crippen molar-refractivity contribution in [2.24, 2.45) is 4.99 Å². The quantitative estimate of drug-likeness (QED) is 0.353. The Bertz CT molecular complexity index is 1720. The Kier molecular flexibility index (Phi) is 5.85. The smallest absolute Gasteiger partial charge is 0.279 e. The van der Waals surface area contributed by atoms with Gasteiger partial charge in [0.1, 0.15) is 0 Å². The summed E-state index contributed by atoms with van der Waals surface area (Å²) in [5.74, 6) is 0.844. The van der Waals surface area contributed by atoms with Gasteiger partial charge in [0.25, 0.3) is 15.9 Å². The first-order valence-electron chi connectivity index (χ1n) is 11.8. The lowest BCUT2D eigenvalue weighted by Crippen LogP contribution is -2.35. The fraction of sp³-hybridized carbons (Fsp3) is 0.185. The molecule has 0 saturated carbocycles. The lowest BCUT2D eigenvalue weighted by Gasteiger charge is -2.30. The SMILES string of the molecule is C=CCn1c(=NC(=O)c2ccc(S(=O)(=O)N3CCCc4ccccc43)cc2)sc2cc3c(cc21)OCO3. The van der Waals surface area contributed by atoms with Gasteiger partial charge in [-0.2, -0.15) is 4.99 Å². The molecule has 0 spiro atoms. The third kappa shape index (κ3) is 4.11. The second kappa shape index (κ2) is 9.20. The van der Waals surface area contributed by atoms with E-state index >= 15 is 0 Å². The van der Waals surface area contributed by atoms with Crippen molar-refractivity contribution in [3.05, 3.63) is 89.2 Å². The van der Waals surface area contributed by atoms with Crippen LogP contribution < -0.4 is 18.6 Å². The maximum absolute atomic E-state index is 13.4.